The van der Waals surface area contributed by atoms with Gasteiger partial charge in [-0.3, -0.25) is 9.59 Å². The summed E-state index contributed by atoms with van der Waals surface area (Å²) in [7, 11) is 0. The molecule has 2 rings (SSSR count). The number of hydrogen-bond acceptors (Lipinski definition) is 3. The minimum Gasteiger partial charge on any atom is -0.493 e. The molecule has 0 fully saturated rings. The fraction of sp³-hybridized carbons (Fsp3) is 0.263. The Morgan fingerprint density at radius 2 is 1.79 bits per heavy atom. The van der Waals surface area contributed by atoms with E-state index in [9.17, 15) is 9.59 Å². The lowest BCUT2D eigenvalue weighted by Crippen LogP contribution is -2.23. The van der Waals surface area contributed by atoms with E-state index in [1.807, 2.05) is 6.07 Å². The molecule has 0 bridgehead atoms. The van der Waals surface area contributed by atoms with Crippen LogP contribution >= 0.6 is 0 Å². The number of primary amides is 1. The van der Waals surface area contributed by atoms with Crippen LogP contribution in [0.5, 0.6) is 5.75 Å². The van der Waals surface area contributed by atoms with Crippen LogP contribution in [0.15, 0.2) is 48.5 Å². The first-order valence-electron chi connectivity index (χ1n) is 7.85. The molecule has 0 heterocycles. The van der Waals surface area contributed by atoms with Gasteiger partial charge in [-0.2, -0.15) is 0 Å². The van der Waals surface area contributed by atoms with Crippen LogP contribution in [-0.2, 0) is 6.54 Å². The molecule has 2 amide bonds. The minimum absolute atomic E-state index is 0.177. The number of benzene rings is 2. The van der Waals surface area contributed by atoms with Crippen molar-refractivity contribution in [2.75, 3.05) is 6.61 Å². The van der Waals surface area contributed by atoms with Gasteiger partial charge in [0.1, 0.15) is 5.75 Å². The number of rotatable bonds is 7. The van der Waals surface area contributed by atoms with Gasteiger partial charge in [-0.05, 0) is 41.8 Å². The Bertz CT molecular complexity index is 709. The van der Waals surface area contributed by atoms with Crippen molar-refractivity contribution in [3.05, 3.63) is 65.2 Å². The standard InChI is InChI=1S/C19H22N2O3/c1-13(2)12-24-17-5-3-4-16(10-17)19(23)21-11-14-6-8-15(9-7-14)18(20)22/h3-10,13H,11-12H2,1-2H3,(H2,20,22)(H,21,23). The number of nitrogens with two attached hydrogens (primary N) is 1. The molecular formula is C19H22N2O3. The Morgan fingerprint density at radius 1 is 1.08 bits per heavy atom. The van der Waals surface area contributed by atoms with Gasteiger partial charge in [0.2, 0.25) is 5.91 Å². The molecule has 0 aromatic heterocycles. The highest BCUT2D eigenvalue weighted by Crippen LogP contribution is 2.14. The van der Waals surface area contributed by atoms with E-state index in [2.05, 4.69) is 19.2 Å². The van der Waals surface area contributed by atoms with Gasteiger partial charge in [0.05, 0.1) is 6.61 Å². The van der Waals surface area contributed by atoms with Crippen molar-refractivity contribution in [2.45, 2.75) is 20.4 Å². The monoisotopic (exact) mass is 326 g/mol. The first kappa shape index (κ1) is 17.5. The molecule has 0 aliphatic heterocycles. The van der Waals surface area contributed by atoms with Gasteiger partial charge in [0.25, 0.3) is 5.91 Å². The predicted molar refractivity (Wildman–Crippen MR) is 92.9 cm³/mol. The third-order valence-corrected chi connectivity index (χ3v) is 3.37. The van der Waals surface area contributed by atoms with E-state index >= 15 is 0 Å². The van der Waals surface area contributed by atoms with Crippen LogP contribution in [0.2, 0.25) is 0 Å². The Balaban J connectivity index is 1.94. The Labute approximate surface area is 141 Å². The van der Waals surface area contributed by atoms with E-state index in [-0.39, 0.29) is 5.91 Å². The van der Waals surface area contributed by atoms with E-state index in [0.717, 1.165) is 5.56 Å². The molecule has 2 aromatic rings. The maximum absolute atomic E-state index is 12.2. The number of hydrogen-bond donors (Lipinski definition) is 2. The summed E-state index contributed by atoms with van der Waals surface area (Å²) in [6, 6.07) is 13.9. The van der Waals surface area contributed by atoms with E-state index in [1.165, 1.54) is 0 Å². The topological polar surface area (TPSA) is 81.4 Å². The van der Waals surface area contributed by atoms with Crippen LogP contribution in [0.3, 0.4) is 0 Å². The first-order valence-corrected chi connectivity index (χ1v) is 7.85. The smallest absolute Gasteiger partial charge is 0.251 e. The molecule has 2 aromatic carbocycles. The van der Waals surface area contributed by atoms with Crippen molar-refractivity contribution in [2.24, 2.45) is 11.7 Å². The van der Waals surface area contributed by atoms with Crippen molar-refractivity contribution >= 4 is 11.8 Å². The SMILES string of the molecule is CC(C)COc1cccc(C(=O)NCc2ccc(C(N)=O)cc2)c1. The summed E-state index contributed by atoms with van der Waals surface area (Å²) >= 11 is 0. The average Bonchev–Trinajstić information content (AvgIpc) is 2.58. The lowest BCUT2D eigenvalue weighted by atomic mass is 10.1. The van der Waals surface area contributed by atoms with Crippen molar-refractivity contribution in [1.82, 2.24) is 5.32 Å². The average molecular weight is 326 g/mol. The quantitative estimate of drug-likeness (QED) is 0.821. The number of ether oxygens (including phenoxy) is 1. The van der Waals surface area contributed by atoms with E-state index in [1.54, 1.807) is 42.5 Å². The highest BCUT2D eigenvalue weighted by molar-refractivity contribution is 5.94. The van der Waals surface area contributed by atoms with Crippen LogP contribution in [0.25, 0.3) is 0 Å². The third-order valence-electron chi connectivity index (χ3n) is 3.37. The maximum Gasteiger partial charge on any atom is 0.251 e. The fourth-order valence-corrected chi connectivity index (χ4v) is 2.06. The molecule has 5 heteroatoms. The number of nitrogens with one attached hydrogen (secondary N) is 1. The van der Waals surface area contributed by atoms with E-state index < -0.39 is 5.91 Å². The molecule has 0 saturated heterocycles. The predicted octanol–water partition coefficient (Wildman–Crippen LogP) is 2.75. The van der Waals surface area contributed by atoms with E-state index in [0.29, 0.717) is 35.9 Å². The van der Waals surface area contributed by atoms with Gasteiger partial charge < -0.3 is 15.8 Å². The van der Waals surface area contributed by atoms with Crippen molar-refractivity contribution in [3.63, 3.8) is 0 Å². The van der Waals surface area contributed by atoms with E-state index in [4.69, 9.17) is 10.5 Å². The summed E-state index contributed by atoms with van der Waals surface area (Å²) in [6.45, 7) is 5.12. The lowest BCUT2D eigenvalue weighted by molar-refractivity contribution is 0.0948. The molecule has 24 heavy (non-hydrogen) atoms. The summed E-state index contributed by atoms with van der Waals surface area (Å²) < 4.78 is 5.63. The van der Waals surface area contributed by atoms with Crippen molar-refractivity contribution < 1.29 is 14.3 Å². The molecular weight excluding hydrogens is 304 g/mol. The Kier molecular flexibility index (Phi) is 5.95. The zero-order valence-electron chi connectivity index (χ0n) is 13.9. The maximum atomic E-state index is 12.2. The molecule has 0 aliphatic rings. The molecule has 5 nitrogen and oxygen atoms in total. The summed E-state index contributed by atoms with van der Waals surface area (Å²) in [5.74, 6) is 0.459. The van der Waals surface area contributed by atoms with Crippen LogP contribution < -0.4 is 15.8 Å². The van der Waals surface area contributed by atoms with Crippen LogP contribution in [0, 0.1) is 5.92 Å². The number of amides is 2. The lowest BCUT2D eigenvalue weighted by Gasteiger charge is -2.10. The van der Waals surface area contributed by atoms with Crippen LogP contribution in [-0.4, -0.2) is 18.4 Å². The second-order valence-electron chi connectivity index (χ2n) is 5.98. The minimum atomic E-state index is -0.469. The zero-order valence-corrected chi connectivity index (χ0v) is 13.9. The zero-order chi connectivity index (χ0) is 17.5. The second kappa shape index (κ2) is 8.15. The summed E-state index contributed by atoms with van der Waals surface area (Å²) in [5, 5.41) is 2.85. The van der Waals surface area contributed by atoms with Crippen LogP contribution in [0.4, 0.5) is 0 Å². The molecule has 0 spiro atoms. The molecule has 3 N–H and O–H groups in total. The van der Waals surface area contributed by atoms with Gasteiger partial charge in [0.15, 0.2) is 0 Å². The Morgan fingerprint density at radius 3 is 2.42 bits per heavy atom. The molecule has 0 unspecified atom stereocenters. The molecule has 0 saturated carbocycles. The van der Waals surface area contributed by atoms with Crippen LogP contribution in [0.1, 0.15) is 40.1 Å². The largest absolute Gasteiger partial charge is 0.493 e. The third kappa shape index (κ3) is 5.12. The molecule has 126 valence electrons. The van der Waals surface area contributed by atoms with Gasteiger partial charge in [0, 0.05) is 17.7 Å². The van der Waals surface area contributed by atoms with Gasteiger partial charge in [-0.25, -0.2) is 0 Å². The van der Waals surface area contributed by atoms with Gasteiger partial charge >= 0.3 is 0 Å². The van der Waals surface area contributed by atoms with Gasteiger partial charge in [-0.1, -0.05) is 32.0 Å². The van der Waals surface area contributed by atoms with Gasteiger partial charge in [-0.15, -0.1) is 0 Å². The fourth-order valence-electron chi connectivity index (χ4n) is 2.06. The van der Waals surface area contributed by atoms with Crippen molar-refractivity contribution in [3.8, 4) is 5.75 Å². The van der Waals surface area contributed by atoms with Crippen molar-refractivity contribution in [1.29, 1.82) is 0 Å². The second-order valence-corrected chi connectivity index (χ2v) is 5.98. The molecule has 0 atom stereocenters. The summed E-state index contributed by atoms with van der Waals surface area (Å²) in [6.07, 6.45) is 0. The normalized spacial score (nSPS) is 10.5. The number of carbonyl (C=O) groups excluding carboxylic acids is 2. The Hall–Kier alpha value is -2.82. The number of carbonyl (C=O) groups is 2. The highest BCUT2D eigenvalue weighted by atomic mass is 16.5. The molecule has 0 aliphatic carbocycles. The highest BCUT2D eigenvalue weighted by Gasteiger charge is 2.07. The molecule has 0 radical (unpaired) electrons. The summed E-state index contributed by atoms with van der Waals surface area (Å²) in [5.41, 5.74) is 7.08. The summed E-state index contributed by atoms with van der Waals surface area (Å²) in [4.78, 5) is 23.3. The first-order chi connectivity index (χ1) is 11.5.